The van der Waals surface area contributed by atoms with Gasteiger partial charge in [-0.05, 0) is 65.6 Å². The van der Waals surface area contributed by atoms with Gasteiger partial charge in [0.2, 0.25) is 0 Å². The molecule has 0 aliphatic carbocycles. The number of aryl methyl sites for hydroxylation is 1. The average Bonchev–Trinajstić information content (AvgIpc) is 3.20. The minimum absolute atomic E-state index is 0.0634. The lowest BCUT2D eigenvalue weighted by Crippen LogP contribution is -2.32. The largest absolute Gasteiger partial charge is 0.491 e. The number of hydrogen-bond donors (Lipinski definition) is 0. The number of nitro benzene ring substituents is 2. The Kier molecular flexibility index (Phi) is 9.01. The zero-order chi connectivity index (χ0) is 30.6. The summed E-state index contributed by atoms with van der Waals surface area (Å²) in [5, 5.41) is 21.7. The monoisotopic (exact) mass is 591 g/mol. The predicted octanol–water partition coefficient (Wildman–Crippen LogP) is 6.27. The second-order valence-corrected chi connectivity index (χ2v) is 10.6. The van der Waals surface area contributed by atoms with Crippen LogP contribution in [0.3, 0.4) is 0 Å². The first-order chi connectivity index (χ1) is 19.9. The molecule has 12 nitrogen and oxygen atoms in total. The Hall–Kier alpha value is -5.04. The van der Waals surface area contributed by atoms with Gasteiger partial charge in [0, 0.05) is 12.1 Å². The Morgan fingerprint density at radius 1 is 0.976 bits per heavy atom. The Balaban J connectivity index is 1.40. The Morgan fingerprint density at radius 2 is 1.62 bits per heavy atom. The molecule has 0 unspecified atom stereocenters. The molecule has 0 radical (unpaired) electrons. The van der Waals surface area contributed by atoms with E-state index in [0.717, 1.165) is 51.7 Å². The maximum atomic E-state index is 12.9. The summed E-state index contributed by atoms with van der Waals surface area (Å²) in [6.07, 6.45) is 1.53. The highest BCUT2D eigenvalue weighted by atomic mass is 32.2. The number of esters is 1. The molecule has 0 spiro atoms. The highest BCUT2D eigenvalue weighted by Crippen LogP contribution is 2.33. The molecule has 13 heteroatoms. The lowest BCUT2D eigenvalue weighted by Gasteiger charge is -2.17. The molecule has 0 aromatic heterocycles. The number of carbonyl (C=O) groups is 3. The number of non-ortho nitro benzene ring substituents is 2. The minimum atomic E-state index is -1.02. The van der Waals surface area contributed by atoms with Crippen LogP contribution in [0.2, 0.25) is 0 Å². The van der Waals surface area contributed by atoms with E-state index in [-0.39, 0.29) is 35.3 Å². The van der Waals surface area contributed by atoms with Crippen molar-refractivity contribution < 1.29 is 33.7 Å². The summed E-state index contributed by atoms with van der Waals surface area (Å²) in [4.78, 5) is 59.7. The fraction of sp³-hybridized carbons (Fsp3) is 0.207. The van der Waals surface area contributed by atoms with E-state index in [2.05, 4.69) is 13.8 Å². The highest BCUT2D eigenvalue weighted by Gasteiger charge is 2.35. The van der Waals surface area contributed by atoms with E-state index in [9.17, 15) is 34.6 Å². The molecular weight excluding hydrogens is 566 g/mol. The SMILES string of the molecule is Cc1ccc(C(C)C)c(OCCN2C(=O)S/C(=C\c3ccc(OC(=O)c4cc([N+](=O)[O-])cc([N+](=O)[O-])c4)cc3)C2=O)c1. The first kappa shape index (κ1) is 29.9. The molecule has 0 bridgehead atoms. The normalized spacial score (nSPS) is 14.0. The van der Waals surface area contributed by atoms with Crippen LogP contribution in [0, 0.1) is 27.2 Å². The van der Waals surface area contributed by atoms with Crippen molar-refractivity contribution in [2.24, 2.45) is 0 Å². The number of thioether (sulfide) groups is 1. The van der Waals surface area contributed by atoms with Crippen LogP contribution in [0.15, 0.2) is 65.6 Å². The topological polar surface area (TPSA) is 159 Å². The van der Waals surface area contributed by atoms with E-state index in [4.69, 9.17) is 9.47 Å². The van der Waals surface area contributed by atoms with Crippen LogP contribution in [0.25, 0.3) is 6.08 Å². The molecule has 3 aromatic rings. The summed E-state index contributed by atoms with van der Waals surface area (Å²) in [5.41, 5.74) is 1.02. The van der Waals surface area contributed by atoms with E-state index < -0.39 is 38.3 Å². The molecule has 2 amide bonds. The standard InChI is InChI=1S/C29H25N3O9S/c1-17(2)24-9-4-18(3)12-25(24)40-11-10-30-27(33)26(42-29(30)35)13-19-5-7-23(8-6-19)41-28(34)20-14-21(31(36)37)16-22(15-20)32(38)39/h4-9,12-17H,10-11H2,1-3H3/b26-13-. The number of nitrogens with zero attached hydrogens (tertiary/aromatic N) is 3. The molecule has 1 aliphatic rings. The molecule has 0 N–H and O–H groups in total. The van der Waals surface area contributed by atoms with E-state index in [1.165, 1.54) is 18.2 Å². The van der Waals surface area contributed by atoms with Crippen molar-refractivity contribution in [3.05, 3.63) is 108 Å². The van der Waals surface area contributed by atoms with Crippen molar-refractivity contribution in [2.75, 3.05) is 13.2 Å². The summed E-state index contributed by atoms with van der Waals surface area (Å²) in [5.74, 6) is -0.448. The molecule has 3 aromatic carbocycles. The molecule has 4 rings (SSSR count). The van der Waals surface area contributed by atoms with E-state index in [1.54, 1.807) is 12.1 Å². The third kappa shape index (κ3) is 6.99. The van der Waals surface area contributed by atoms with E-state index >= 15 is 0 Å². The zero-order valence-electron chi connectivity index (χ0n) is 22.8. The minimum Gasteiger partial charge on any atom is -0.491 e. The van der Waals surface area contributed by atoms with Crippen LogP contribution < -0.4 is 9.47 Å². The Bertz CT molecular complexity index is 1580. The van der Waals surface area contributed by atoms with Crippen LogP contribution >= 0.6 is 11.8 Å². The number of amides is 2. The Labute approximate surface area is 244 Å². The van der Waals surface area contributed by atoms with E-state index in [1.807, 2.05) is 25.1 Å². The third-order valence-corrected chi connectivity index (χ3v) is 7.09. The fourth-order valence-corrected chi connectivity index (χ4v) is 4.92. The molecule has 1 fully saturated rings. The third-order valence-electron chi connectivity index (χ3n) is 6.19. The highest BCUT2D eigenvalue weighted by molar-refractivity contribution is 8.18. The number of benzene rings is 3. The number of carbonyl (C=O) groups excluding carboxylic acids is 3. The van der Waals surface area contributed by atoms with Crippen LogP contribution in [0.5, 0.6) is 11.5 Å². The maximum Gasteiger partial charge on any atom is 0.344 e. The van der Waals surface area contributed by atoms with Gasteiger partial charge in [-0.1, -0.05) is 38.1 Å². The number of hydrogen-bond acceptors (Lipinski definition) is 10. The molecule has 42 heavy (non-hydrogen) atoms. The van der Waals surface area contributed by atoms with Gasteiger partial charge in [-0.15, -0.1) is 0 Å². The summed E-state index contributed by atoms with van der Waals surface area (Å²) in [6.45, 7) is 6.29. The van der Waals surface area contributed by atoms with Crippen molar-refractivity contribution >= 4 is 46.3 Å². The van der Waals surface area contributed by atoms with Gasteiger partial charge in [0.05, 0.1) is 32.9 Å². The summed E-state index contributed by atoms with van der Waals surface area (Å²) >= 11 is 0.800. The smallest absolute Gasteiger partial charge is 0.344 e. The number of nitro groups is 2. The van der Waals surface area contributed by atoms with Gasteiger partial charge in [-0.2, -0.15) is 0 Å². The Morgan fingerprint density at radius 3 is 2.21 bits per heavy atom. The van der Waals surface area contributed by atoms with Gasteiger partial charge in [-0.25, -0.2) is 4.79 Å². The van der Waals surface area contributed by atoms with E-state index in [0.29, 0.717) is 5.56 Å². The predicted molar refractivity (Wildman–Crippen MR) is 155 cm³/mol. The van der Waals surface area contributed by atoms with Gasteiger partial charge in [0.25, 0.3) is 22.5 Å². The zero-order valence-corrected chi connectivity index (χ0v) is 23.6. The lowest BCUT2D eigenvalue weighted by molar-refractivity contribution is -0.394. The first-order valence-electron chi connectivity index (χ1n) is 12.7. The average molecular weight is 592 g/mol. The first-order valence-corrected chi connectivity index (χ1v) is 13.5. The van der Waals surface area contributed by atoms with Crippen LogP contribution in [0.4, 0.5) is 16.2 Å². The molecule has 1 aliphatic heterocycles. The van der Waals surface area contributed by atoms with Crippen LogP contribution in [-0.4, -0.2) is 45.0 Å². The lowest BCUT2D eigenvalue weighted by atomic mass is 10.0. The molecule has 0 atom stereocenters. The van der Waals surface area contributed by atoms with Crippen molar-refractivity contribution in [3.8, 4) is 11.5 Å². The molecular formula is C29H25N3O9S. The molecule has 0 saturated carbocycles. The van der Waals surface area contributed by atoms with Gasteiger partial charge in [0.1, 0.15) is 18.1 Å². The van der Waals surface area contributed by atoms with Gasteiger partial charge >= 0.3 is 5.97 Å². The van der Waals surface area contributed by atoms with Crippen LogP contribution in [0.1, 0.15) is 46.8 Å². The van der Waals surface area contributed by atoms with Gasteiger partial charge in [-0.3, -0.25) is 34.7 Å². The summed E-state index contributed by atoms with van der Waals surface area (Å²) in [7, 11) is 0. The van der Waals surface area contributed by atoms with Crippen molar-refractivity contribution in [1.82, 2.24) is 4.90 Å². The second-order valence-electron chi connectivity index (χ2n) is 9.59. The fourth-order valence-electron chi connectivity index (χ4n) is 4.06. The van der Waals surface area contributed by atoms with Gasteiger partial charge in [0.15, 0.2) is 0 Å². The van der Waals surface area contributed by atoms with Crippen molar-refractivity contribution in [2.45, 2.75) is 26.7 Å². The number of rotatable bonds is 10. The summed E-state index contributed by atoms with van der Waals surface area (Å²) < 4.78 is 11.1. The quantitative estimate of drug-likeness (QED) is 0.0864. The summed E-state index contributed by atoms with van der Waals surface area (Å²) in [6, 6.07) is 14.4. The second kappa shape index (κ2) is 12.6. The molecule has 216 valence electrons. The molecule has 1 heterocycles. The van der Waals surface area contributed by atoms with Crippen molar-refractivity contribution in [3.63, 3.8) is 0 Å². The van der Waals surface area contributed by atoms with Crippen molar-refractivity contribution in [1.29, 1.82) is 0 Å². The van der Waals surface area contributed by atoms with Gasteiger partial charge < -0.3 is 9.47 Å². The van der Waals surface area contributed by atoms with Crippen LogP contribution in [-0.2, 0) is 4.79 Å². The number of ether oxygens (including phenoxy) is 2. The maximum absolute atomic E-state index is 12.9. The number of imide groups is 1. The molecule has 1 saturated heterocycles.